The van der Waals surface area contributed by atoms with Crippen molar-refractivity contribution >= 4 is 11.6 Å². The number of rotatable bonds is 2. The standard InChI is InChI=1S/C12H10ClF3N2/c1-8-5-10(7-13)17-18(8)11-4-2-3-9(6-11)12(14,15)16/h2-6H,7H2,1H3. The number of hydrogen-bond donors (Lipinski definition) is 0. The van der Waals surface area contributed by atoms with E-state index in [2.05, 4.69) is 5.10 Å². The Kier molecular flexibility index (Phi) is 3.34. The van der Waals surface area contributed by atoms with Crippen LogP contribution < -0.4 is 0 Å². The summed E-state index contributed by atoms with van der Waals surface area (Å²) in [5.74, 6) is 0.229. The quantitative estimate of drug-likeness (QED) is 0.759. The molecule has 0 saturated carbocycles. The van der Waals surface area contributed by atoms with Crippen LogP contribution in [0.3, 0.4) is 0 Å². The summed E-state index contributed by atoms with van der Waals surface area (Å²) in [5, 5.41) is 4.14. The predicted octanol–water partition coefficient (Wildman–Crippen LogP) is 3.94. The molecule has 0 spiro atoms. The summed E-state index contributed by atoms with van der Waals surface area (Å²) in [6.45, 7) is 1.77. The van der Waals surface area contributed by atoms with Crippen molar-refractivity contribution in [1.82, 2.24) is 9.78 Å². The van der Waals surface area contributed by atoms with Gasteiger partial charge in [-0.05, 0) is 31.2 Å². The van der Waals surface area contributed by atoms with Crippen molar-refractivity contribution in [3.05, 3.63) is 47.3 Å². The van der Waals surface area contributed by atoms with Gasteiger partial charge in [0.05, 0.1) is 22.8 Å². The van der Waals surface area contributed by atoms with E-state index in [0.717, 1.165) is 17.8 Å². The molecule has 0 unspecified atom stereocenters. The topological polar surface area (TPSA) is 17.8 Å². The maximum absolute atomic E-state index is 12.6. The van der Waals surface area contributed by atoms with Gasteiger partial charge in [-0.15, -0.1) is 11.6 Å². The second kappa shape index (κ2) is 4.65. The van der Waals surface area contributed by atoms with Crippen molar-refractivity contribution in [3.63, 3.8) is 0 Å². The van der Waals surface area contributed by atoms with E-state index in [4.69, 9.17) is 11.6 Å². The highest BCUT2D eigenvalue weighted by Gasteiger charge is 2.30. The van der Waals surface area contributed by atoms with E-state index in [1.165, 1.54) is 10.7 Å². The number of aryl methyl sites for hydroxylation is 1. The molecular formula is C12H10ClF3N2. The molecule has 0 saturated heterocycles. The average Bonchev–Trinajstić information content (AvgIpc) is 2.70. The number of aromatic nitrogens is 2. The van der Waals surface area contributed by atoms with Crippen molar-refractivity contribution in [2.45, 2.75) is 19.0 Å². The zero-order valence-electron chi connectivity index (χ0n) is 9.50. The first-order chi connectivity index (χ1) is 8.41. The summed E-state index contributed by atoms with van der Waals surface area (Å²) < 4.78 is 39.3. The number of hydrogen-bond acceptors (Lipinski definition) is 1. The molecule has 0 fully saturated rings. The molecule has 1 heterocycles. The van der Waals surface area contributed by atoms with Gasteiger partial charge in [-0.1, -0.05) is 6.07 Å². The Labute approximate surface area is 107 Å². The molecule has 0 aliphatic carbocycles. The van der Waals surface area contributed by atoms with E-state index < -0.39 is 11.7 Å². The Bertz CT molecular complexity index is 561. The first-order valence-electron chi connectivity index (χ1n) is 5.21. The van der Waals surface area contributed by atoms with Crippen molar-refractivity contribution in [2.24, 2.45) is 0 Å². The van der Waals surface area contributed by atoms with Gasteiger partial charge in [0.15, 0.2) is 0 Å². The van der Waals surface area contributed by atoms with Crippen LogP contribution in [-0.2, 0) is 12.1 Å². The van der Waals surface area contributed by atoms with E-state index in [-0.39, 0.29) is 5.88 Å². The Balaban J connectivity index is 2.47. The summed E-state index contributed by atoms with van der Waals surface area (Å²) in [4.78, 5) is 0. The Morgan fingerprint density at radius 3 is 2.56 bits per heavy atom. The third-order valence-electron chi connectivity index (χ3n) is 2.49. The molecule has 0 radical (unpaired) electrons. The molecule has 0 N–H and O–H groups in total. The van der Waals surface area contributed by atoms with Gasteiger partial charge >= 0.3 is 6.18 Å². The molecule has 0 amide bonds. The molecule has 0 bridgehead atoms. The highest BCUT2D eigenvalue weighted by atomic mass is 35.5. The zero-order chi connectivity index (χ0) is 13.3. The monoisotopic (exact) mass is 274 g/mol. The predicted molar refractivity (Wildman–Crippen MR) is 62.9 cm³/mol. The molecule has 18 heavy (non-hydrogen) atoms. The van der Waals surface area contributed by atoms with Gasteiger partial charge in [0, 0.05) is 5.69 Å². The van der Waals surface area contributed by atoms with Gasteiger partial charge in [-0.3, -0.25) is 0 Å². The van der Waals surface area contributed by atoms with E-state index in [0.29, 0.717) is 11.4 Å². The van der Waals surface area contributed by atoms with Crippen molar-refractivity contribution in [3.8, 4) is 5.69 Å². The molecule has 0 aliphatic heterocycles. The number of alkyl halides is 4. The molecule has 96 valence electrons. The fraction of sp³-hybridized carbons (Fsp3) is 0.250. The van der Waals surface area contributed by atoms with Gasteiger partial charge in [-0.25, -0.2) is 4.68 Å². The van der Waals surface area contributed by atoms with E-state index >= 15 is 0 Å². The fourth-order valence-corrected chi connectivity index (χ4v) is 1.81. The molecule has 1 aromatic carbocycles. The smallest absolute Gasteiger partial charge is 0.238 e. The molecule has 2 rings (SSSR count). The average molecular weight is 275 g/mol. The zero-order valence-corrected chi connectivity index (χ0v) is 10.3. The first-order valence-corrected chi connectivity index (χ1v) is 5.74. The lowest BCUT2D eigenvalue weighted by Gasteiger charge is -2.09. The van der Waals surface area contributed by atoms with E-state index in [1.54, 1.807) is 19.1 Å². The molecule has 2 aromatic rings. The van der Waals surface area contributed by atoms with Crippen LogP contribution in [0.15, 0.2) is 30.3 Å². The number of halogens is 4. The summed E-state index contributed by atoms with van der Waals surface area (Å²) in [6.07, 6.45) is -4.35. The molecule has 6 heteroatoms. The van der Waals surface area contributed by atoms with Crippen molar-refractivity contribution in [2.75, 3.05) is 0 Å². The van der Waals surface area contributed by atoms with Crippen LogP contribution in [0.2, 0.25) is 0 Å². The Hall–Kier alpha value is -1.49. The minimum atomic E-state index is -4.35. The second-order valence-electron chi connectivity index (χ2n) is 3.87. The van der Waals surface area contributed by atoms with Gasteiger partial charge in [0.25, 0.3) is 0 Å². The summed E-state index contributed by atoms with van der Waals surface area (Å²) in [6, 6.07) is 6.78. The van der Waals surface area contributed by atoms with Crippen LogP contribution in [0.1, 0.15) is 17.0 Å². The fourth-order valence-electron chi connectivity index (χ4n) is 1.68. The van der Waals surface area contributed by atoms with Crippen LogP contribution >= 0.6 is 11.6 Å². The van der Waals surface area contributed by atoms with Gasteiger partial charge < -0.3 is 0 Å². The maximum atomic E-state index is 12.6. The number of nitrogens with zero attached hydrogens (tertiary/aromatic N) is 2. The van der Waals surface area contributed by atoms with E-state index in [1.807, 2.05) is 0 Å². The van der Waals surface area contributed by atoms with Gasteiger partial charge in [0.2, 0.25) is 0 Å². The lowest BCUT2D eigenvalue weighted by molar-refractivity contribution is -0.137. The Morgan fingerprint density at radius 2 is 2.00 bits per heavy atom. The third kappa shape index (κ3) is 2.51. The third-order valence-corrected chi connectivity index (χ3v) is 2.77. The minimum Gasteiger partial charge on any atom is -0.238 e. The maximum Gasteiger partial charge on any atom is 0.416 e. The lowest BCUT2D eigenvalue weighted by Crippen LogP contribution is -2.07. The van der Waals surface area contributed by atoms with Crippen LogP contribution in [-0.4, -0.2) is 9.78 Å². The van der Waals surface area contributed by atoms with Gasteiger partial charge in [-0.2, -0.15) is 18.3 Å². The van der Waals surface area contributed by atoms with Crippen LogP contribution in [0, 0.1) is 6.92 Å². The largest absolute Gasteiger partial charge is 0.416 e. The van der Waals surface area contributed by atoms with Crippen LogP contribution in [0.25, 0.3) is 5.69 Å². The second-order valence-corrected chi connectivity index (χ2v) is 4.14. The van der Waals surface area contributed by atoms with Crippen LogP contribution in [0.4, 0.5) is 13.2 Å². The highest BCUT2D eigenvalue weighted by molar-refractivity contribution is 6.16. The van der Waals surface area contributed by atoms with E-state index in [9.17, 15) is 13.2 Å². The highest BCUT2D eigenvalue weighted by Crippen LogP contribution is 2.30. The first kappa shape index (κ1) is 13.0. The molecule has 1 aromatic heterocycles. The summed E-state index contributed by atoms with van der Waals surface area (Å²) in [7, 11) is 0. The number of benzene rings is 1. The van der Waals surface area contributed by atoms with Crippen molar-refractivity contribution < 1.29 is 13.2 Å². The Morgan fingerprint density at radius 1 is 1.28 bits per heavy atom. The molecule has 2 nitrogen and oxygen atoms in total. The minimum absolute atomic E-state index is 0.229. The SMILES string of the molecule is Cc1cc(CCl)nn1-c1cccc(C(F)(F)F)c1. The summed E-state index contributed by atoms with van der Waals surface area (Å²) >= 11 is 5.65. The summed E-state index contributed by atoms with van der Waals surface area (Å²) in [5.41, 5.74) is 1.05. The molecular weight excluding hydrogens is 265 g/mol. The van der Waals surface area contributed by atoms with Crippen molar-refractivity contribution in [1.29, 1.82) is 0 Å². The molecule has 0 atom stereocenters. The van der Waals surface area contributed by atoms with Crippen LogP contribution in [0.5, 0.6) is 0 Å². The van der Waals surface area contributed by atoms with Gasteiger partial charge in [0.1, 0.15) is 0 Å². The normalized spacial score (nSPS) is 11.8. The lowest BCUT2D eigenvalue weighted by atomic mass is 10.2. The molecule has 0 aliphatic rings.